The van der Waals surface area contributed by atoms with Gasteiger partial charge in [0.25, 0.3) is 0 Å². The van der Waals surface area contributed by atoms with Crippen LogP contribution in [0.2, 0.25) is 0 Å². The number of rotatable bonds is 0. The van der Waals surface area contributed by atoms with E-state index in [9.17, 15) is 9.50 Å². The summed E-state index contributed by atoms with van der Waals surface area (Å²) < 4.78 is 13.3. The summed E-state index contributed by atoms with van der Waals surface area (Å²) in [7, 11) is 0. The monoisotopic (exact) mass is 260 g/mol. The van der Waals surface area contributed by atoms with Crippen molar-refractivity contribution in [1.29, 1.82) is 0 Å². The number of hydrogen-bond acceptors (Lipinski definition) is 2. The third kappa shape index (κ3) is 2.04. The van der Waals surface area contributed by atoms with Gasteiger partial charge in [-0.25, -0.2) is 4.39 Å². The summed E-state index contributed by atoms with van der Waals surface area (Å²) in [6.45, 7) is 2.04. The Morgan fingerprint density at radius 3 is 2.78 bits per heavy atom. The minimum atomic E-state index is -0.633. The highest BCUT2D eigenvalue weighted by Gasteiger charge is 2.21. The van der Waals surface area contributed by atoms with Crippen LogP contribution in [0.5, 0.6) is 0 Å². The van der Waals surface area contributed by atoms with Gasteiger partial charge in [-0.2, -0.15) is 0 Å². The SMILES string of the molecule is Cc1ccc2c(c1)CC(O)c1cc(F)ccc1S2. The first-order valence-corrected chi connectivity index (χ1v) is 6.70. The normalized spacial score (nSPS) is 17.8. The van der Waals surface area contributed by atoms with Gasteiger partial charge in [0.15, 0.2) is 0 Å². The standard InChI is InChI=1S/C15H13FOS/c1-9-2-4-14-10(6-9)7-13(17)12-8-11(16)3-5-15(12)18-14/h2-6,8,13,17H,7H2,1H3. The van der Waals surface area contributed by atoms with E-state index in [1.807, 2.05) is 6.92 Å². The molecule has 1 heterocycles. The first-order valence-electron chi connectivity index (χ1n) is 5.88. The van der Waals surface area contributed by atoms with Crippen LogP contribution in [0.25, 0.3) is 0 Å². The van der Waals surface area contributed by atoms with E-state index in [0.29, 0.717) is 12.0 Å². The van der Waals surface area contributed by atoms with Crippen molar-refractivity contribution in [3.05, 3.63) is 58.9 Å². The smallest absolute Gasteiger partial charge is 0.123 e. The lowest BCUT2D eigenvalue weighted by Crippen LogP contribution is -2.02. The lowest BCUT2D eigenvalue weighted by molar-refractivity contribution is 0.175. The van der Waals surface area contributed by atoms with Crippen LogP contribution in [0.3, 0.4) is 0 Å². The molecule has 0 aromatic heterocycles. The number of halogens is 1. The van der Waals surface area contributed by atoms with E-state index < -0.39 is 6.10 Å². The molecule has 0 saturated carbocycles. The Bertz CT molecular complexity index is 609. The average molecular weight is 260 g/mol. The fourth-order valence-electron chi connectivity index (χ4n) is 2.28. The van der Waals surface area contributed by atoms with Crippen LogP contribution in [0, 0.1) is 12.7 Å². The van der Waals surface area contributed by atoms with Gasteiger partial charge < -0.3 is 5.11 Å². The number of aryl methyl sites for hydroxylation is 1. The van der Waals surface area contributed by atoms with Crippen molar-refractivity contribution >= 4 is 11.8 Å². The van der Waals surface area contributed by atoms with Crippen LogP contribution in [0.4, 0.5) is 4.39 Å². The summed E-state index contributed by atoms with van der Waals surface area (Å²) in [6.07, 6.45) is -0.0910. The molecule has 0 fully saturated rings. The van der Waals surface area contributed by atoms with Gasteiger partial charge >= 0.3 is 0 Å². The molecule has 3 heteroatoms. The van der Waals surface area contributed by atoms with Gasteiger partial charge in [0.2, 0.25) is 0 Å². The van der Waals surface area contributed by atoms with Crippen molar-refractivity contribution < 1.29 is 9.50 Å². The van der Waals surface area contributed by atoms with E-state index in [2.05, 4.69) is 18.2 Å². The van der Waals surface area contributed by atoms with Gasteiger partial charge in [0.1, 0.15) is 5.82 Å². The second-order valence-electron chi connectivity index (χ2n) is 4.62. The largest absolute Gasteiger partial charge is 0.388 e. The average Bonchev–Trinajstić information content (AvgIpc) is 2.46. The molecular weight excluding hydrogens is 247 g/mol. The molecule has 2 aromatic rings. The van der Waals surface area contributed by atoms with E-state index in [1.165, 1.54) is 17.7 Å². The van der Waals surface area contributed by atoms with Crippen molar-refractivity contribution in [3.8, 4) is 0 Å². The molecule has 1 atom stereocenters. The quantitative estimate of drug-likeness (QED) is 0.776. The maximum Gasteiger partial charge on any atom is 0.123 e. The number of benzene rings is 2. The van der Waals surface area contributed by atoms with Crippen LogP contribution >= 0.6 is 11.8 Å². The van der Waals surface area contributed by atoms with E-state index in [1.54, 1.807) is 17.8 Å². The molecule has 1 unspecified atom stereocenters. The topological polar surface area (TPSA) is 20.2 Å². The van der Waals surface area contributed by atoms with E-state index in [4.69, 9.17) is 0 Å². The molecule has 0 radical (unpaired) electrons. The lowest BCUT2D eigenvalue weighted by atomic mass is 10.0. The zero-order valence-electron chi connectivity index (χ0n) is 9.98. The fraction of sp³-hybridized carbons (Fsp3) is 0.200. The third-order valence-electron chi connectivity index (χ3n) is 3.18. The predicted molar refractivity (Wildman–Crippen MR) is 70.4 cm³/mol. The second-order valence-corrected chi connectivity index (χ2v) is 5.70. The molecule has 0 saturated heterocycles. The molecule has 1 N–H and O–H groups in total. The first-order chi connectivity index (χ1) is 8.63. The Balaban J connectivity index is 2.13. The Kier molecular flexibility index (Phi) is 2.88. The van der Waals surface area contributed by atoms with Crippen LogP contribution in [-0.4, -0.2) is 5.11 Å². The van der Waals surface area contributed by atoms with E-state index in [0.717, 1.165) is 15.4 Å². The minimum Gasteiger partial charge on any atom is -0.388 e. The van der Waals surface area contributed by atoms with E-state index >= 15 is 0 Å². The number of aliphatic hydroxyl groups is 1. The molecule has 18 heavy (non-hydrogen) atoms. The van der Waals surface area contributed by atoms with Gasteiger partial charge in [-0.1, -0.05) is 29.5 Å². The molecule has 1 aliphatic rings. The van der Waals surface area contributed by atoms with Crippen LogP contribution in [-0.2, 0) is 6.42 Å². The highest BCUT2D eigenvalue weighted by molar-refractivity contribution is 7.99. The van der Waals surface area contributed by atoms with Gasteiger partial charge in [-0.05, 0) is 42.3 Å². The predicted octanol–water partition coefficient (Wildman–Crippen LogP) is 3.87. The minimum absolute atomic E-state index is 0.296. The zero-order chi connectivity index (χ0) is 12.7. The number of hydrogen-bond donors (Lipinski definition) is 1. The molecule has 0 amide bonds. The Hall–Kier alpha value is -1.32. The lowest BCUT2D eigenvalue weighted by Gasteiger charge is -2.10. The maximum absolute atomic E-state index is 13.3. The van der Waals surface area contributed by atoms with Gasteiger partial charge in [0.05, 0.1) is 6.10 Å². The van der Waals surface area contributed by atoms with Gasteiger partial charge in [0, 0.05) is 16.2 Å². The highest BCUT2D eigenvalue weighted by atomic mass is 32.2. The molecular formula is C15H13FOS. The molecule has 92 valence electrons. The van der Waals surface area contributed by atoms with Crippen molar-refractivity contribution in [2.24, 2.45) is 0 Å². The molecule has 0 bridgehead atoms. The summed E-state index contributed by atoms with van der Waals surface area (Å²) >= 11 is 1.60. The number of fused-ring (bicyclic) bond motifs is 2. The second kappa shape index (κ2) is 4.41. The van der Waals surface area contributed by atoms with Crippen molar-refractivity contribution in [2.45, 2.75) is 29.2 Å². The molecule has 0 aliphatic carbocycles. The van der Waals surface area contributed by atoms with Crippen LogP contribution in [0.1, 0.15) is 22.8 Å². The number of aliphatic hydroxyl groups excluding tert-OH is 1. The third-order valence-corrected chi connectivity index (χ3v) is 4.39. The van der Waals surface area contributed by atoms with Gasteiger partial charge in [-0.15, -0.1) is 0 Å². The maximum atomic E-state index is 13.3. The molecule has 2 aromatic carbocycles. The summed E-state index contributed by atoms with van der Waals surface area (Å²) in [4.78, 5) is 2.08. The molecule has 0 spiro atoms. The highest BCUT2D eigenvalue weighted by Crippen LogP contribution is 2.41. The zero-order valence-corrected chi connectivity index (χ0v) is 10.8. The van der Waals surface area contributed by atoms with Crippen LogP contribution in [0.15, 0.2) is 46.2 Å². The van der Waals surface area contributed by atoms with Crippen molar-refractivity contribution in [2.75, 3.05) is 0 Å². The Labute approximate surface area is 110 Å². The Morgan fingerprint density at radius 1 is 1.17 bits per heavy atom. The molecule has 1 nitrogen and oxygen atoms in total. The fourth-order valence-corrected chi connectivity index (χ4v) is 3.37. The summed E-state index contributed by atoms with van der Waals surface area (Å²) in [5.41, 5.74) is 3.00. The van der Waals surface area contributed by atoms with Crippen molar-refractivity contribution in [1.82, 2.24) is 0 Å². The van der Waals surface area contributed by atoms with Crippen molar-refractivity contribution in [3.63, 3.8) is 0 Å². The summed E-state index contributed by atoms with van der Waals surface area (Å²) in [5.74, 6) is -0.296. The van der Waals surface area contributed by atoms with E-state index in [-0.39, 0.29) is 5.82 Å². The summed E-state index contributed by atoms with van der Waals surface area (Å²) in [6, 6.07) is 10.8. The molecule has 1 aliphatic heterocycles. The first kappa shape index (κ1) is 11.8. The van der Waals surface area contributed by atoms with Gasteiger partial charge in [-0.3, -0.25) is 0 Å². The summed E-state index contributed by atoms with van der Waals surface area (Å²) in [5, 5.41) is 10.2. The van der Waals surface area contributed by atoms with Crippen LogP contribution < -0.4 is 0 Å². The Morgan fingerprint density at radius 2 is 1.94 bits per heavy atom. The molecule has 3 rings (SSSR count).